The standard InChI is InChI=1S/C20H21Cl2N3O2/c1-14(26)15-5-7-16(8-6-15)25-11-9-24(10-12-25)13-19(27)23-20-17(21)3-2-4-18(20)22/h2-8H,9-13H2,1H3,(H,23,27). The van der Waals surface area contributed by atoms with E-state index >= 15 is 0 Å². The van der Waals surface area contributed by atoms with E-state index in [0.717, 1.165) is 31.9 Å². The van der Waals surface area contributed by atoms with Crippen molar-refractivity contribution in [2.45, 2.75) is 6.92 Å². The first kappa shape index (κ1) is 19.7. The number of carbonyl (C=O) groups is 2. The molecule has 1 aliphatic heterocycles. The summed E-state index contributed by atoms with van der Waals surface area (Å²) < 4.78 is 0. The number of Topliss-reactive ketones (excluding diaryl/α,β-unsaturated/α-hetero) is 1. The molecular weight excluding hydrogens is 385 g/mol. The highest BCUT2D eigenvalue weighted by Crippen LogP contribution is 2.29. The minimum Gasteiger partial charge on any atom is -0.369 e. The van der Waals surface area contributed by atoms with Crippen molar-refractivity contribution in [2.24, 2.45) is 0 Å². The SMILES string of the molecule is CC(=O)c1ccc(N2CCN(CC(=O)Nc3c(Cl)cccc3Cl)CC2)cc1. The van der Waals surface area contributed by atoms with Crippen LogP contribution in [0.3, 0.4) is 0 Å². The van der Waals surface area contributed by atoms with Crippen molar-refractivity contribution in [1.82, 2.24) is 4.90 Å². The van der Waals surface area contributed by atoms with Gasteiger partial charge in [-0.15, -0.1) is 0 Å². The van der Waals surface area contributed by atoms with Crippen molar-refractivity contribution >= 4 is 46.3 Å². The Morgan fingerprint density at radius 3 is 2.11 bits per heavy atom. The van der Waals surface area contributed by atoms with E-state index in [2.05, 4.69) is 15.1 Å². The molecule has 1 saturated heterocycles. The van der Waals surface area contributed by atoms with E-state index in [4.69, 9.17) is 23.2 Å². The van der Waals surface area contributed by atoms with Gasteiger partial charge in [-0.3, -0.25) is 14.5 Å². The van der Waals surface area contributed by atoms with Gasteiger partial charge in [-0.2, -0.15) is 0 Å². The normalized spacial score (nSPS) is 14.9. The molecule has 1 heterocycles. The number of para-hydroxylation sites is 1. The summed E-state index contributed by atoms with van der Waals surface area (Å²) in [6.07, 6.45) is 0. The molecule has 2 aromatic rings. The van der Waals surface area contributed by atoms with Crippen LogP contribution in [0.1, 0.15) is 17.3 Å². The fraction of sp³-hybridized carbons (Fsp3) is 0.300. The molecule has 0 radical (unpaired) electrons. The maximum absolute atomic E-state index is 12.3. The highest BCUT2D eigenvalue weighted by Gasteiger charge is 2.20. The average Bonchev–Trinajstić information content (AvgIpc) is 2.65. The first-order chi connectivity index (χ1) is 12.9. The topological polar surface area (TPSA) is 52.7 Å². The maximum atomic E-state index is 12.3. The number of rotatable bonds is 5. The fourth-order valence-electron chi connectivity index (χ4n) is 3.07. The van der Waals surface area contributed by atoms with Crippen molar-refractivity contribution in [3.05, 3.63) is 58.1 Å². The summed E-state index contributed by atoms with van der Waals surface area (Å²) in [5.41, 5.74) is 2.26. The van der Waals surface area contributed by atoms with Crippen LogP contribution in [0.15, 0.2) is 42.5 Å². The van der Waals surface area contributed by atoms with Gasteiger partial charge in [0.1, 0.15) is 0 Å². The summed E-state index contributed by atoms with van der Waals surface area (Å²) in [5.74, 6) is -0.0692. The Labute approximate surface area is 168 Å². The van der Waals surface area contributed by atoms with Crippen molar-refractivity contribution in [2.75, 3.05) is 42.9 Å². The number of carbonyl (C=O) groups excluding carboxylic acids is 2. The average molecular weight is 406 g/mol. The molecule has 7 heteroatoms. The van der Waals surface area contributed by atoms with Gasteiger partial charge in [0.25, 0.3) is 0 Å². The molecule has 0 aromatic heterocycles. The lowest BCUT2D eigenvalue weighted by atomic mass is 10.1. The summed E-state index contributed by atoms with van der Waals surface area (Å²) in [7, 11) is 0. The number of hydrogen-bond acceptors (Lipinski definition) is 4. The lowest BCUT2D eigenvalue weighted by Crippen LogP contribution is -2.48. The number of benzene rings is 2. The second-order valence-corrected chi connectivity index (χ2v) is 7.33. The van der Waals surface area contributed by atoms with Gasteiger partial charge in [-0.1, -0.05) is 29.3 Å². The molecule has 27 heavy (non-hydrogen) atoms. The van der Waals surface area contributed by atoms with Crippen LogP contribution in [0.4, 0.5) is 11.4 Å². The molecule has 1 fully saturated rings. The van der Waals surface area contributed by atoms with Crippen LogP contribution < -0.4 is 10.2 Å². The maximum Gasteiger partial charge on any atom is 0.238 e. The van der Waals surface area contributed by atoms with Crippen molar-refractivity contribution < 1.29 is 9.59 Å². The number of hydrogen-bond donors (Lipinski definition) is 1. The third-order valence-corrected chi connectivity index (χ3v) is 5.24. The Bertz CT molecular complexity index is 811. The quantitative estimate of drug-likeness (QED) is 0.764. The molecule has 1 amide bonds. The summed E-state index contributed by atoms with van der Waals surface area (Å²) in [4.78, 5) is 28.1. The summed E-state index contributed by atoms with van der Waals surface area (Å²) >= 11 is 12.2. The molecule has 0 saturated carbocycles. The first-order valence-corrected chi connectivity index (χ1v) is 9.52. The minimum absolute atomic E-state index is 0.0657. The van der Waals surface area contributed by atoms with E-state index in [9.17, 15) is 9.59 Å². The Morgan fingerprint density at radius 2 is 1.56 bits per heavy atom. The number of nitrogens with zero attached hydrogens (tertiary/aromatic N) is 2. The summed E-state index contributed by atoms with van der Waals surface area (Å²) in [6, 6.07) is 12.8. The Kier molecular flexibility index (Phi) is 6.37. The Hall–Kier alpha value is -2.08. The number of ketones is 1. The molecular formula is C20H21Cl2N3O2. The van der Waals surface area contributed by atoms with E-state index in [1.165, 1.54) is 0 Å². The highest BCUT2D eigenvalue weighted by atomic mass is 35.5. The number of nitrogens with one attached hydrogen (secondary N) is 1. The second kappa shape index (κ2) is 8.74. The van der Waals surface area contributed by atoms with Crippen LogP contribution in [0.2, 0.25) is 10.0 Å². The van der Waals surface area contributed by atoms with Crippen molar-refractivity contribution in [3.63, 3.8) is 0 Å². The van der Waals surface area contributed by atoms with Crippen LogP contribution in [-0.4, -0.2) is 49.3 Å². The molecule has 0 spiro atoms. The van der Waals surface area contributed by atoms with Crippen molar-refractivity contribution in [3.8, 4) is 0 Å². The molecule has 5 nitrogen and oxygen atoms in total. The van der Waals surface area contributed by atoms with Gasteiger partial charge in [0, 0.05) is 37.4 Å². The monoisotopic (exact) mass is 405 g/mol. The van der Waals surface area contributed by atoms with Crippen LogP contribution >= 0.6 is 23.2 Å². The summed E-state index contributed by atoms with van der Waals surface area (Å²) in [6.45, 7) is 5.04. The van der Waals surface area contributed by atoms with Gasteiger partial charge in [0.2, 0.25) is 5.91 Å². The smallest absolute Gasteiger partial charge is 0.238 e. The van der Waals surface area contributed by atoms with Crippen LogP contribution in [0.25, 0.3) is 0 Å². The van der Waals surface area contributed by atoms with E-state index in [0.29, 0.717) is 27.8 Å². The van der Waals surface area contributed by atoms with Gasteiger partial charge < -0.3 is 10.2 Å². The zero-order chi connectivity index (χ0) is 19.4. The molecule has 0 atom stereocenters. The molecule has 3 rings (SSSR count). The largest absolute Gasteiger partial charge is 0.369 e. The Morgan fingerprint density at radius 1 is 0.963 bits per heavy atom. The molecule has 2 aromatic carbocycles. The minimum atomic E-state index is -0.135. The zero-order valence-corrected chi connectivity index (χ0v) is 16.6. The molecule has 1 aliphatic rings. The zero-order valence-electron chi connectivity index (χ0n) is 15.0. The Balaban J connectivity index is 1.52. The first-order valence-electron chi connectivity index (χ1n) is 8.76. The van der Waals surface area contributed by atoms with Gasteiger partial charge in [-0.25, -0.2) is 0 Å². The van der Waals surface area contributed by atoms with Crippen LogP contribution in [0, 0.1) is 0 Å². The summed E-state index contributed by atoms with van der Waals surface area (Å²) in [5, 5.41) is 3.65. The molecule has 0 aliphatic carbocycles. The van der Waals surface area contributed by atoms with E-state index in [-0.39, 0.29) is 11.7 Å². The van der Waals surface area contributed by atoms with E-state index in [1.54, 1.807) is 25.1 Å². The molecule has 1 N–H and O–H groups in total. The van der Waals surface area contributed by atoms with Gasteiger partial charge in [-0.05, 0) is 43.3 Å². The second-order valence-electron chi connectivity index (χ2n) is 6.51. The predicted molar refractivity (Wildman–Crippen MR) is 110 cm³/mol. The van der Waals surface area contributed by atoms with Gasteiger partial charge >= 0.3 is 0 Å². The van der Waals surface area contributed by atoms with Gasteiger partial charge in [0.15, 0.2) is 5.78 Å². The molecule has 0 unspecified atom stereocenters. The number of piperazine rings is 1. The predicted octanol–water partition coefficient (Wildman–Crippen LogP) is 3.96. The third-order valence-electron chi connectivity index (χ3n) is 4.61. The molecule has 0 bridgehead atoms. The van der Waals surface area contributed by atoms with Gasteiger partial charge in [0.05, 0.1) is 22.3 Å². The van der Waals surface area contributed by atoms with Crippen molar-refractivity contribution in [1.29, 1.82) is 0 Å². The van der Waals surface area contributed by atoms with Crippen LogP contribution in [0.5, 0.6) is 0 Å². The third kappa shape index (κ3) is 5.01. The number of amides is 1. The lowest BCUT2D eigenvalue weighted by molar-refractivity contribution is -0.117. The van der Waals surface area contributed by atoms with E-state index < -0.39 is 0 Å². The lowest BCUT2D eigenvalue weighted by Gasteiger charge is -2.35. The van der Waals surface area contributed by atoms with Crippen LogP contribution in [-0.2, 0) is 4.79 Å². The fourth-order valence-corrected chi connectivity index (χ4v) is 3.56. The van der Waals surface area contributed by atoms with E-state index in [1.807, 2.05) is 24.3 Å². The highest BCUT2D eigenvalue weighted by molar-refractivity contribution is 6.39. The number of anilines is 2. The number of halogens is 2. The molecule has 142 valence electrons.